The van der Waals surface area contributed by atoms with Crippen molar-refractivity contribution in [1.82, 2.24) is 19.7 Å². The molecule has 2 N–H and O–H groups in total. The second-order valence-corrected chi connectivity index (χ2v) is 9.03. The number of hydrogen-bond donors (Lipinski definition) is 2. The molecular formula is C28H24ClN5O3. The first-order valence-corrected chi connectivity index (χ1v) is 11.9. The van der Waals surface area contributed by atoms with E-state index in [-0.39, 0.29) is 5.56 Å². The smallest absolute Gasteiger partial charge is 0.337 e. The fourth-order valence-electron chi connectivity index (χ4n) is 4.46. The van der Waals surface area contributed by atoms with Crippen molar-refractivity contribution in [2.75, 3.05) is 12.4 Å². The van der Waals surface area contributed by atoms with Gasteiger partial charge in [0.15, 0.2) is 0 Å². The summed E-state index contributed by atoms with van der Waals surface area (Å²) in [6, 6.07) is 14.9. The minimum absolute atomic E-state index is 0.0773. The Balaban J connectivity index is 1.81. The lowest BCUT2D eigenvalue weighted by atomic mass is 10.0. The van der Waals surface area contributed by atoms with E-state index in [1.807, 2.05) is 57.2 Å². The number of hydrogen-bond acceptors (Lipinski definition) is 6. The fourth-order valence-corrected chi connectivity index (χ4v) is 4.76. The molecule has 0 atom stereocenters. The third kappa shape index (κ3) is 4.25. The number of carbonyl (C=O) groups is 1. The van der Waals surface area contributed by atoms with E-state index in [2.05, 4.69) is 15.3 Å². The van der Waals surface area contributed by atoms with E-state index in [0.29, 0.717) is 50.1 Å². The Morgan fingerprint density at radius 3 is 2.51 bits per heavy atom. The van der Waals surface area contributed by atoms with E-state index in [1.54, 1.807) is 23.1 Å². The summed E-state index contributed by atoms with van der Waals surface area (Å²) in [6.07, 6.45) is 3.22. The monoisotopic (exact) mass is 513 g/mol. The molecule has 37 heavy (non-hydrogen) atoms. The van der Waals surface area contributed by atoms with Crippen molar-refractivity contribution in [3.05, 3.63) is 88.3 Å². The highest BCUT2D eigenvalue weighted by atomic mass is 35.5. The first kappa shape index (κ1) is 24.3. The molecule has 0 aliphatic heterocycles. The minimum atomic E-state index is -1.08. The summed E-state index contributed by atoms with van der Waals surface area (Å²) >= 11 is 6.88. The van der Waals surface area contributed by atoms with Crippen LogP contribution in [-0.4, -0.2) is 37.9 Å². The Bertz CT molecular complexity index is 1680. The lowest BCUT2D eigenvalue weighted by Crippen LogP contribution is -2.10. The number of ether oxygens (including phenoxy) is 1. The van der Waals surface area contributed by atoms with Gasteiger partial charge in [0.05, 0.1) is 40.3 Å². The number of nitrogens with zero attached hydrogens (tertiary/aromatic N) is 4. The van der Waals surface area contributed by atoms with Crippen molar-refractivity contribution >= 4 is 40.1 Å². The second kappa shape index (κ2) is 9.55. The van der Waals surface area contributed by atoms with Gasteiger partial charge in [-0.3, -0.25) is 9.97 Å². The molecular weight excluding hydrogens is 490 g/mol. The molecule has 0 fully saturated rings. The number of halogens is 1. The number of nitrogens with one attached hydrogen (secondary N) is 1. The first-order chi connectivity index (χ1) is 17.8. The van der Waals surface area contributed by atoms with Gasteiger partial charge in [0.25, 0.3) is 0 Å². The molecule has 2 heterocycles. The fraction of sp³-hybridized carbons (Fsp3) is 0.143. The minimum Gasteiger partial charge on any atom is -0.497 e. The molecule has 2 aromatic heterocycles. The van der Waals surface area contributed by atoms with Gasteiger partial charge in [0, 0.05) is 23.5 Å². The van der Waals surface area contributed by atoms with Crippen LogP contribution in [0.2, 0.25) is 5.02 Å². The van der Waals surface area contributed by atoms with E-state index >= 15 is 0 Å². The van der Waals surface area contributed by atoms with Crippen LogP contribution in [-0.2, 0) is 0 Å². The van der Waals surface area contributed by atoms with Gasteiger partial charge in [-0.25, -0.2) is 9.48 Å². The highest BCUT2D eigenvalue weighted by molar-refractivity contribution is 6.38. The van der Waals surface area contributed by atoms with E-state index < -0.39 is 5.97 Å². The lowest BCUT2D eigenvalue weighted by Gasteiger charge is -2.18. The number of aromatic nitrogens is 4. The summed E-state index contributed by atoms with van der Waals surface area (Å²) in [6.45, 7) is 5.72. The number of aromatic carboxylic acids is 1. The molecule has 0 saturated heterocycles. The molecule has 3 aromatic carbocycles. The predicted molar refractivity (Wildman–Crippen MR) is 145 cm³/mol. The Hall–Kier alpha value is -4.43. The van der Waals surface area contributed by atoms with Crippen LogP contribution in [0.25, 0.3) is 27.8 Å². The zero-order valence-corrected chi connectivity index (χ0v) is 21.5. The van der Waals surface area contributed by atoms with Gasteiger partial charge in [-0.15, -0.1) is 0 Å². The van der Waals surface area contributed by atoms with Gasteiger partial charge >= 0.3 is 5.97 Å². The molecule has 9 heteroatoms. The largest absolute Gasteiger partial charge is 0.497 e. The Kier molecular flexibility index (Phi) is 6.27. The highest BCUT2D eigenvalue weighted by Gasteiger charge is 2.25. The number of para-hydroxylation sites is 1. The number of benzene rings is 3. The molecule has 5 rings (SSSR count). The van der Waals surface area contributed by atoms with E-state index in [1.165, 1.54) is 13.2 Å². The number of aryl methyl sites for hydroxylation is 3. The number of carboxylic acid groups (broad SMARTS) is 1. The van der Waals surface area contributed by atoms with Crippen LogP contribution < -0.4 is 10.1 Å². The normalized spacial score (nSPS) is 11.1. The lowest BCUT2D eigenvalue weighted by molar-refractivity contribution is 0.0697. The van der Waals surface area contributed by atoms with Crippen LogP contribution in [0.4, 0.5) is 11.5 Å². The van der Waals surface area contributed by atoms with Crippen LogP contribution in [0.1, 0.15) is 27.2 Å². The third-order valence-corrected chi connectivity index (χ3v) is 6.65. The average Bonchev–Trinajstić information content (AvgIpc) is 3.20. The highest BCUT2D eigenvalue weighted by Crippen LogP contribution is 2.42. The zero-order valence-electron chi connectivity index (χ0n) is 20.7. The molecule has 0 saturated carbocycles. The van der Waals surface area contributed by atoms with Crippen LogP contribution in [0, 0.1) is 20.8 Å². The van der Waals surface area contributed by atoms with Crippen LogP contribution >= 0.6 is 11.6 Å². The zero-order chi connectivity index (χ0) is 26.3. The van der Waals surface area contributed by atoms with Gasteiger partial charge in [0.1, 0.15) is 17.1 Å². The van der Waals surface area contributed by atoms with Gasteiger partial charge < -0.3 is 15.2 Å². The number of fused-ring (bicyclic) bond motifs is 1. The van der Waals surface area contributed by atoms with Gasteiger partial charge in [-0.05, 0) is 56.2 Å². The maximum Gasteiger partial charge on any atom is 0.337 e. The molecule has 5 aromatic rings. The second-order valence-electron chi connectivity index (χ2n) is 8.66. The van der Waals surface area contributed by atoms with Crippen LogP contribution in [0.15, 0.2) is 60.9 Å². The van der Waals surface area contributed by atoms with Crippen molar-refractivity contribution in [3.63, 3.8) is 0 Å². The first-order valence-electron chi connectivity index (χ1n) is 11.5. The van der Waals surface area contributed by atoms with Crippen molar-refractivity contribution in [2.45, 2.75) is 20.8 Å². The van der Waals surface area contributed by atoms with Gasteiger partial charge in [-0.1, -0.05) is 35.9 Å². The molecule has 186 valence electrons. The average molecular weight is 514 g/mol. The van der Waals surface area contributed by atoms with Crippen LogP contribution in [0.5, 0.6) is 5.75 Å². The Labute approximate surface area is 218 Å². The molecule has 0 aliphatic rings. The Morgan fingerprint density at radius 1 is 1.03 bits per heavy atom. The van der Waals surface area contributed by atoms with Gasteiger partial charge in [-0.2, -0.15) is 5.10 Å². The molecule has 0 aliphatic carbocycles. The van der Waals surface area contributed by atoms with E-state index in [4.69, 9.17) is 21.4 Å². The standard InChI is InChI=1S/C28H24ClN5O3/c1-15-7-5-6-8-22(15)34-27(32-25-16(2)13-18(37-4)14-20(25)28(35)36)23(17(3)33-34)19-9-10-21-26(24(19)29)31-12-11-30-21/h5-14,32H,1-4H3,(H,35,36). The number of rotatable bonds is 6. The third-order valence-electron chi connectivity index (χ3n) is 6.27. The maximum atomic E-state index is 12.2. The van der Waals surface area contributed by atoms with Crippen molar-refractivity contribution in [1.29, 1.82) is 0 Å². The summed E-state index contributed by atoms with van der Waals surface area (Å²) in [5.41, 5.74) is 6.45. The Morgan fingerprint density at radius 2 is 1.78 bits per heavy atom. The van der Waals surface area contributed by atoms with Crippen molar-refractivity contribution in [2.24, 2.45) is 0 Å². The SMILES string of the molecule is COc1cc(C)c(Nc2c(-c3ccc4nccnc4c3Cl)c(C)nn2-c2ccccc2C)c(C(=O)O)c1. The summed E-state index contributed by atoms with van der Waals surface area (Å²) in [5, 5.41) is 18.7. The summed E-state index contributed by atoms with van der Waals surface area (Å²) in [4.78, 5) is 21.0. The predicted octanol–water partition coefficient (Wildman–Crippen LogP) is 6.51. The summed E-state index contributed by atoms with van der Waals surface area (Å²) in [5.74, 6) is -0.0446. The van der Waals surface area contributed by atoms with Crippen LogP contribution in [0.3, 0.4) is 0 Å². The topological polar surface area (TPSA) is 102 Å². The summed E-state index contributed by atoms with van der Waals surface area (Å²) in [7, 11) is 1.51. The van der Waals surface area contributed by atoms with Gasteiger partial charge in [0.2, 0.25) is 0 Å². The molecule has 0 amide bonds. The van der Waals surface area contributed by atoms with Crippen molar-refractivity contribution in [3.8, 4) is 22.6 Å². The van der Waals surface area contributed by atoms with Crippen molar-refractivity contribution < 1.29 is 14.6 Å². The molecule has 8 nitrogen and oxygen atoms in total. The van der Waals surface area contributed by atoms with E-state index in [0.717, 1.165) is 16.8 Å². The number of anilines is 2. The van der Waals surface area contributed by atoms with E-state index in [9.17, 15) is 9.90 Å². The summed E-state index contributed by atoms with van der Waals surface area (Å²) < 4.78 is 7.10. The molecule has 0 radical (unpaired) electrons. The number of methoxy groups -OCH3 is 1. The molecule has 0 unspecified atom stereocenters. The quantitative estimate of drug-likeness (QED) is 0.267. The number of carboxylic acids is 1. The maximum absolute atomic E-state index is 12.2. The molecule has 0 bridgehead atoms. The molecule has 0 spiro atoms.